The molecule has 41 heavy (non-hydrogen) atoms. The lowest BCUT2D eigenvalue weighted by molar-refractivity contribution is -0.184. The van der Waals surface area contributed by atoms with Crippen LogP contribution in [0.4, 0.5) is 10.5 Å². The van der Waals surface area contributed by atoms with Gasteiger partial charge in [-0.15, -0.1) is 0 Å². The summed E-state index contributed by atoms with van der Waals surface area (Å²) in [6, 6.07) is 0.469. The number of primary amides is 1. The number of aliphatic hydroxyl groups is 3. The zero-order valence-corrected chi connectivity index (χ0v) is 23.7. The monoisotopic (exact) mass is 574 g/mol. The average molecular weight is 575 g/mol. The van der Waals surface area contributed by atoms with Crippen molar-refractivity contribution in [2.24, 2.45) is 34.6 Å². The summed E-state index contributed by atoms with van der Waals surface area (Å²) >= 11 is 0. The molecule has 0 aliphatic heterocycles. The smallest absolute Gasteiger partial charge is 0.411 e. The summed E-state index contributed by atoms with van der Waals surface area (Å²) in [5.41, 5.74) is 8.63. The third kappa shape index (κ3) is 4.86. The van der Waals surface area contributed by atoms with Crippen LogP contribution in [0, 0.1) is 23.2 Å². The number of fused-ring (bicyclic) bond motifs is 3. The van der Waals surface area contributed by atoms with Gasteiger partial charge in [-0.3, -0.25) is 19.7 Å². The third-order valence-electron chi connectivity index (χ3n) is 8.27. The predicted octanol–water partition coefficient (Wildman–Crippen LogP) is 0.182. The highest BCUT2D eigenvalue weighted by atomic mass is 16.5. The van der Waals surface area contributed by atoms with Crippen molar-refractivity contribution in [1.82, 2.24) is 4.90 Å². The first-order chi connectivity index (χ1) is 18.9. The second kappa shape index (κ2) is 10.4. The molecule has 3 aliphatic carbocycles. The molecule has 6 atom stereocenters. The van der Waals surface area contributed by atoms with Crippen LogP contribution < -0.4 is 16.8 Å². The van der Waals surface area contributed by atoms with E-state index in [0.29, 0.717) is 11.1 Å². The number of Topliss-reactive ketones (excluding diaryl/α,β-unsaturated/α-hetero) is 2. The summed E-state index contributed by atoms with van der Waals surface area (Å²) in [4.78, 5) is 53.5. The Kier molecular flexibility index (Phi) is 7.71. The lowest BCUT2D eigenvalue weighted by atomic mass is 9.54. The number of amides is 2. The van der Waals surface area contributed by atoms with Crippen molar-refractivity contribution in [3.63, 3.8) is 0 Å². The van der Waals surface area contributed by atoms with Crippen molar-refractivity contribution >= 4 is 35.0 Å². The van der Waals surface area contributed by atoms with Crippen LogP contribution >= 0.6 is 0 Å². The topological polar surface area (TPSA) is 226 Å². The maximum absolute atomic E-state index is 14.0. The van der Waals surface area contributed by atoms with Crippen LogP contribution in [0.15, 0.2) is 11.6 Å². The molecule has 0 saturated heterocycles. The first kappa shape index (κ1) is 30.4. The van der Waals surface area contributed by atoms with Crippen molar-refractivity contribution in [2.45, 2.75) is 57.9 Å². The Balaban J connectivity index is 1.83. The molecular formula is C28H38N4O9. The van der Waals surface area contributed by atoms with Gasteiger partial charge in [-0.1, -0.05) is 20.8 Å². The quantitative estimate of drug-likeness (QED) is 0.185. The number of benzene rings is 1. The molecule has 13 heteroatoms. The number of aliphatic hydroxyl groups excluding tert-OH is 2. The maximum Gasteiger partial charge on any atom is 0.411 e. The molecule has 4 rings (SSSR count). The van der Waals surface area contributed by atoms with E-state index in [4.69, 9.17) is 16.2 Å². The summed E-state index contributed by atoms with van der Waals surface area (Å²) in [7, 11) is 3.16. The normalized spacial score (nSPS) is 29.5. The minimum atomic E-state index is -2.76. The fourth-order valence-electron chi connectivity index (χ4n) is 6.45. The Hall–Kier alpha value is -3.52. The number of carbonyl (C=O) groups excluding carboxylic acids is 4. The Bertz CT molecular complexity index is 1350. The predicted molar refractivity (Wildman–Crippen MR) is 146 cm³/mol. The Labute approximate surface area is 237 Å². The van der Waals surface area contributed by atoms with Gasteiger partial charge in [-0.25, -0.2) is 4.79 Å². The Morgan fingerprint density at radius 3 is 2.39 bits per heavy atom. The Morgan fingerprint density at radius 1 is 1.22 bits per heavy atom. The van der Waals surface area contributed by atoms with Crippen molar-refractivity contribution in [1.29, 1.82) is 0 Å². The van der Waals surface area contributed by atoms with Crippen LogP contribution in [0.1, 0.15) is 43.9 Å². The largest absolute Gasteiger partial charge is 0.507 e. The molecule has 9 N–H and O–H groups in total. The number of ketones is 2. The van der Waals surface area contributed by atoms with E-state index >= 15 is 0 Å². The lowest BCUT2D eigenvalue weighted by Gasteiger charge is -2.53. The van der Waals surface area contributed by atoms with Gasteiger partial charge < -0.3 is 41.5 Å². The fraction of sp³-hybridized carbons (Fsp3) is 0.571. The van der Waals surface area contributed by atoms with Gasteiger partial charge in [-0.05, 0) is 55.5 Å². The number of nitrogens with two attached hydrogens (primary N) is 2. The standard InChI is InChI=1S/C28H38N4O9/c1-27(2,3)10-41-26(39)31-15-8-12(9-29)13-6-11-7-14-19(32(4)5)22(35)18(25(30)38)24(37)28(14,40)23(36)16(11)21(34)17(13)20(15)33/h8,11,14,18-19,22,33-35,40H,6-7,9-10,29H2,1-5H3,(H2,30,38)(H,31,39)/t11-,14-,18?,19-,22?,28-/m1/s1. The summed E-state index contributed by atoms with van der Waals surface area (Å²) in [6.07, 6.45) is -2.34. The third-order valence-corrected chi connectivity index (χ3v) is 8.27. The van der Waals surface area contributed by atoms with E-state index in [2.05, 4.69) is 5.32 Å². The molecule has 1 aromatic rings. The van der Waals surface area contributed by atoms with E-state index in [9.17, 15) is 39.6 Å². The van der Waals surface area contributed by atoms with E-state index in [1.54, 1.807) is 14.1 Å². The number of nitrogens with one attached hydrogen (secondary N) is 1. The number of rotatable bonds is 5. The number of likely N-dealkylation sites (N-methyl/N-ethyl adjacent to an activating group) is 1. The molecule has 0 spiro atoms. The number of aromatic hydroxyl groups is 1. The van der Waals surface area contributed by atoms with Crippen molar-refractivity contribution in [3.8, 4) is 5.75 Å². The van der Waals surface area contributed by atoms with Gasteiger partial charge >= 0.3 is 6.09 Å². The second-order valence-electron chi connectivity index (χ2n) is 12.5. The number of ether oxygens (including phenoxy) is 1. The van der Waals surface area contributed by atoms with Crippen molar-refractivity contribution in [3.05, 3.63) is 28.3 Å². The molecule has 13 nitrogen and oxygen atoms in total. The number of phenols is 1. The molecule has 2 fully saturated rings. The molecule has 0 bridgehead atoms. The molecule has 0 aromatic heterocycles. The lowest BCUT2D eigenvalue weighted by Crippen LogP contribution is -2.73. The molecule has 3 aliphatic rings. The number of anilines is 1. The Morgan fingerprint density at radius 2 is 1.85 bits per heavy atom. The highest BCUT2D eigenvalue weighted by molar-refractivity contribution is 6.25. The zero-order chi connectivity index (χ0) is 30.8. The minimum absolute atomic E-state index is 0.0118. The van der Waals surface area contributed by atoms with Crippen LogP contribution in [0.25, 0.3) is 5.76 Å². The van der Waals surface area contributed by atoms with Crippen molar-refractivity contribution in [2.75, 3.05) is 26.0 Å². The summed E-state index contributed by atoms with van der Waals surface area (Å²) < 4.78 is 5.21. The van der Waals surface area contributed by atoms with Gasteiger partial charge in [-0.2, -0.15) is 0 Å². The number of phenolic OH excluding ortho intramolecular Hbond substituents is 1. The number of carbonyl (C=O) groups is 4. The summed E-state index contributed by atoms with van der Waals surface area (Å²) in [5, 5.41) is 47.7. The van der Waals surface area contributed by atoms with E-state index in [1.807, 2.05) is 20.8 Å². The van der Waals surface area contributed by atoms with Crippen LogP contribution in [-0.2, 0) is 32.1 Å². The van der Waals surface area contributed by atoms with Crippen LogP contribution in [0.3, 0.4) is 0 Å². The molecular weight excluding hydrogens is 536 g/mol. The molecule has 1 aromatic carbocycles. The number of nitrogens with zero attached hydrogens (tertiary/aromatic N) is 1. The summed E-state index contributed by atoms with van der Waals surface area (Å²) in [6.45, 7) is 5.65. The molecule has 224 valence electrons. The highest BCUT2D eigenvalue weighted by Gasteiger charge is 2.67. The first-order valence-corrected chi connectivity index (χ1v) is 13.4. The van der Waals surface area contributed by atoms with E-state index in [1.165, 1.54) is 11.0 Å². The second-order valence-corrected chi connectivity index (χ2v) is 12.5. The van der Waals surface area contributed by atoms with Crippen molar-refractivity contribution < 1.29 is 44.3 Å². The molecule has 2 saturated carbocycles. The van der Waals surface area contributed by atoms with Crippen LogP contribution in [-0.4, -0.2) is 87.3 Å². The number of hydrogen-bond acceptors (Lipinski definition) is 11. The van der Waals surface area contributed by atoms with Gasteiger partial charge in [0, 0.05) is 24.1 Å². The maximum atomic E-state index is 14.0. The van der Waals surface area contributed by atoms with E-state index in [-0.39, 0.29) is 48.2 Å². The van der Waals surface area contributed by atoms with Gasteiger partial charge in [0.1, 0.15) is 17.4 Å². The van der Waals surface area contributed by atoms with Crippen LogP contribution in [0.5, 0.6) is 5.75 Å². The molecule has 2 unspecified atom stereocenters. The summed E-state index contributed by atoms with van der Waals surface area (Å²) in [5.74, 6) is -8.48. The SMILES string of the molecule is CN(C)[C@H]1C(O)C(C(N)=O)C(=O)[C@]2(O)C(=O)C3=C(O)c4c(O)c(NC(=O)OCC(C)(C)C)cc(CN)c4C[C@@H]3C[C@H]12. The van der Waals surface area contributed by atoms with E-state index < -0.39 is 70.6 Å². The first-order valence-electron chi connectivity index (χ1n) is 13.4. The number of hydrogen-bond donors (Lipinski definition) is 7. The zero-order valence-electron chi connectivity index (χ0n) is 23.7. The van der Waals surface area contributed by atoms with Gasteiger partial charge in [0.2, 0.25) is 11.7 Å². The van der Waals surface area contributed by atoms with Crippen LogP contribution in [0.2, 0.25) is 0 Å². The van der Waals surface area contributed by atoms with Gasteiger partial charge in [0.05, 0.1) is 24.0 Å². The molecule has 0 heterocycles. The fourth-order valence-corrected chi connectivity index (χ4v) is 6.45. The van der Waals surface area contributed by atoms with Gasteiger partial charge in [0.15, 0.2) is 11.4 Å². The average Bonchev–Trinajstić information content (AvgIpc) is 2.85. The van der Waals surface area contributed by atoms with E-state index in [0.717, 1.165) is 0 Å². The highest BCUT2D eigenvalue weighted by Crippen LogP contribution is 2.53. The van der Waals surface area contributed by atoms with Gasteiger partial charge in [0.25, 0.3) is 0 Å². The molecule has 2 amide bonds. The minimum Gasteiger partial charge on any atom is -0.507 e. The molecule has 0 radical (unpaired) electrons.